The van der Waals surface area contributed by atoms with E-state index in [1.165, 1.54) is 21.1 Å². The van der Waals surface area contributed by atoms with Crippen LogP contribution in [0.2, 0.25) is 0 Å². The smallest absolute Gasteiger partial charge is 0.306 e. The molecule has 0 aromatic heterocycles. The Kier molecular flexibility index (Phi) is 5.07. The van der Waals surface area contributed by atoms with E-state index in [2.05, 4.69) is 0 Å². The van der Waals surface area contributed by atoms with Crippen LogP contribution in [0.5, 0.6) is 0 Å². The molecule has 1 rings (SSSR count). The quantitative estimate of drug-likeness (QED) is 0.742. The largest absolute Gasteiger partial charge is 0.489 e. The Morgan fingerprint density at radius 3 is 2.10 bits per heavy atom. The van der Waals surface area contributed by atoms with Crippen LogP contribution in [0.15, 0.2) is 22.7 Å². The van der Waals surface area contributed by atoms with Gasteiger partial charge in [0, 0.05) is 11.1 Å². The van der Waals surface area contributed by atoms with E-state index >= 15 is 0 Å². The highest BCUT2D eigenvalue weighted by molar-refractivity contribution is 6.23. The Bertz CT molecular complexity index is 512. The summed E-state index contributed by atoms with van der Waals surface area (Å²) in [6.07, 6.45) is 0.494. The average Bonchev–Trinajstić information content (AvgIpc) is 2.41. The van der Waals surface area contributed by atoms with E-state index in [0.717, 1.165) is 0 Å². The molecule has 0 radical (unpaired) electrons. The van der Waals surface area contributed by atoms with Crippen molar-refractivity contribution < 1.29 is 29.0 Å². The number of ether oxygens (including phenoxy) is 2. The third-order valence-electron chi connectivity index (χ3n) is 3.34. The van der Waals surface area contributed by atoms with Gasteiger partial charge in [-0.15, -0.1) is 0 Å². The molecule has 0 saturated heterocycles. The summed E-state index contributed by atoms with van der Waals surface area (Å²) in [5.74, 6) is -2.57. The molecule has 0 heterocycles. The van der Waals surface area contributed by atoms with Gasteiger partial charge in [0.05, 0.1) is 20.1 Å². The lowest BCUT2D eigenvalue weighted by Crippen LogP contribution is -2.25. The van der Waals surface area contributed by atoms with Gasteiger partial charge < -0.3 is 14.6 Å². The number of Topliss-reactive ketones (excluding diaryl/α,β-unsaturated/α-hetero) is 2. The van der Waals surface area contributed by atoms with E-state index < -0.39 is 23.5 Å². The molecule has 6 heteroatoms. The molecule has 0 aromatic carbocycles. The van der Waals surface area contributed by atoms with Gasteiger partial charge in [0.25, 0.3) is 0 Å². The number of hydrogen-bond donors (Lipinski definition) is 1. The molecular weight excluding hydrogens is 264 g/mol. The molecule has 6 nitrogen and oxygen atoms in total. The summed E-state index contributed by atoms with van der Waals surface area (Å²) in [7, 11) is 2.59. The Hall–Kier alpha value is -2.11. The van der Waals surface area contributed by atoms with Crippen LogP contribution < -0.4 is 0 Å². The Balaban J connectivity index is 3.03. The molecule has 1 aliphatic carbocycles. The number of carbonyl (C=O) groups excluding carboxylic acids is 2. The van der Waals surface area contributed by atoms with Crippen molar-refractivity contribution in [2.45, 2.75) is 26.7 Å². The molecule has 20 heavy (non-hydrogen) atoms. The van der Waals surface area contributed by atoms with Gasteiger partial charge >= 0.3 is 5.97 Å². The summed E-state index contributed by atoms with van der Waals surface area (Å²) in [6, 6.07) is 0. The minimum atomic E-state index is -0.932. The monoisotopic (exact) mass is 282 g/mol. The summed E-state index contributed by atoms with van der Waals surface area (Å²) in [5, 5.41) is 8.85. The maximum absolute atomic E-state index is 12.2. The maximum atomic E-state index is 12.2. The standard InChI is InChI=1S/C14H18O6/c1-7(14(17)18)5-6-9-8(2)10(15)12(19-3)13(20-4)11(9)16/h7H,5-6H2,1-4H3,(H,17,18). The van der Waals surface area contributed by atoms with Gasteiger partial charge in [0.15, 0.2) is 0 Å². The van der Waals surface area contributed by atoms with Crippen molar-refractivity contribution in [1.82, 2.24) is 0 Å². The average molecular weight is 282 g/mol. The Morgan fingerprint density at radius 2 is 1.65 bits per heavy atom. The molecule has 1 aliphatic rings. The summed E-state index contributed by atoms with van der Waals surface area (Å²) < 4.78 is 9.86. The number of rotatable bonds is 6. The van der Waals surface area contributed by atoms with Crippen molar-refractivity contribution in [2.24, 2.45) is 5.92 Å². The fourth-order valence-electron chi connectivity index (χ4n) is 1.98. The molecule has 110 valence electrons. The lowest BCUT2D eigenvalue weighted by atomic mass is 9.88. The minimum absolute atomic E-state index is 0.106. The van der Waals surface area contributed by atoms with Crippen LogP contribution in [0.1, 0.15) is 26.7 Å². The van der Waals surface area contributed by atoms with Crippen molar-refractivity contribution in [3.8, 4) is 0 Å². The second kappa shape index (κ2) is 6.36. The highest BCUT2D eigenvalue weighted by atomic mass is 16.5. The van der Waals surface area contributed by atoms with Crippen LogP contribution in [-0.4, -0.2) is 36.9 Å². The maximum Gasteiger partial charge on any atom is 0.306 e. The molecule has 0 aromatic rings. The lowest BCUT2D eigenvalue weighted by Gasteiger charge is -2.20. The number of carboxylic acids is 1. The lowest BCUT2D eigenvalue weighted by molar-refractivity contribution is -0.141. The predicted molar refractivity (Wildman–Crippen MR) is 69.8 cm³/mol. The van der Waals surface area contributed by atoms with Gasteiger partial charge in [-0.25, -0.2) is 0 Å². The molecule has 0 fully saturated rings. The molecule has 1 atom stereocenters. The Labute approximate surface area is 117 Å². The van der Waals surface area contributed by atoms with E-state index in [0.29, 0.717) is 5.57 Å². The van der Waals surface area contributed by atoms with E-state index in [4.69, 9.17) is 14.6 Å². The zero-order chi connectivity index (χ0) is 15.4. The third-order valence-corrected chi connectivity index (χ3v) is 3.34. The molecule has 0 amide bonds. The molecule has 0 spiro atoms. The number of carbonyl (C=O) groups is 3. The molecule has 1 unspecified atom stereocenters. The van der Waals surface area contributed by atoms with Gasteiger partial charge in [-0.05, 0) is 19.8 Å². The number of methoxy groups -OCH3 is 2. The number of carboxylic acid groups (broad SMARTS) is 1. The van der Waals surface area contributed by atoms with Crippen molar-refractivity contribution in [3.05, 3.63) is 22.7 Å². The first kappa shape index (κ1) is 15.9. The Morgan fingerprint density at radius 1 is 1.15 bits per heavy atom. The summed E-state index contributed by atoms with van der Waals surface area (Å²) in [6.45, 7) is 3.09. The van der Waals surface area contributed by atoms with E-state index in [-0.39, 0.29) is 29.9 Å². The van der Waals surface area contributed by atoms with Crippen molar-refractivity contribution in [3.63, 3.8) is 0 Å². The molecule has 0 aliphatic heterocycles. The summed E-state index contributed by atoms with van der Waals surface area (Å²) in [5.41, 5.74) is 0.575. The second-order valence-electron chi connectivity index (χ2n) is 4.61. The predicted octanol–water partition coefficient (Wildman–Crippen LogP) is 1.46. The van der Waals surface area contributed by atoms with Crippen LogP contribution in [0.4, 0.5) is 0 Å². The molecule has 0 saturated carbocycles. The third kappa shape index (κ3) is 2.89. The first-order chi connectivity index (χ1) is 9.34. The van der Waals surface area contributed by atoms with Gasteiger partial charge in [-0.2, -0.15) is 0 Å². The van der Waals surface area contributed by atoms with Crippen LogP contribution >= 0.6 is 0 Å². The van der Waals surface area contributed by atoms with E-state index in [9.17, 15) is 14.4 Å². The highest BCUT2D eigenvalue weighted by Crippen LogP contribution is 2.29. The molecule has 1 N–H and O–H groups in total. The SMILES string of the molecule is COC1=C(OC)C(=O)C(CCC(C)C(=O)O)=C(C)C1=O. The van der Waals surface area contributed by atoms with Crippen LogP contribution in [-0.2, 0) is 23.9 Å². The topological polar surface area (TPSA) is 89.9 Å². The zero-order valence-electron chi connectivity index (χ0n) is 12.0. The van der Waals surface area contributed by atoms with Crippen LogP contribution in [0, 0.1) is 5.92 Å². The number of hydrogen-bond acceptors (Lipinski definition) is 5. The second-order valence-corrected chi connectivity index (χ2v) is 4.61. The van der Waals surface area contributed by atoms with E-state index in [1.807, 2.05) is 0 Å². The van der Waals surface area contributed by atoms with Gasteiger partial charge in [-0.3, -0.25) is 14.4 Å². The first-order valence-electron chi connectivity index (χ1n) is 6.19. The van der Waals surface area contributed by atoms with Gasteiger partial charge in [-0.1, -0.05) is 6.92 Å². The fourth-order valence-corrected chi connectivity index (χ4v) is 1.98. The summed E-state index contributed by atoms with van der Waals surface area (Å²) >= 11 is 0. The normalized spacial score (nSPS) is 17.4. The number of ketones is 2. The molecular formula is C14H18O6. The van der Waals surface area contributed by atoms with Crippen molar-refractivity contribution in [2.75, 3.05) is 14.2 Å². The van der Waals surface area contributed by atoms with Crippen LogP contribution in [0.3, 0.4) is 0 Å². The van der Waals surface area contributed by atoms with Crippen LogP contribution in [0.25, 0.3) is 0 Å². The fraction of sp³-hybridized carbons (Fsp3) is 0.500. The van der Waals surface area contributed by atoms with Crippen molar-refractivity contribution in [1.29, 1.82) is 0 Å². The number of aliphatic carboxylic acids is 1. The van der Waals surface area contributed by atoms with Gasteiger partial charge in [0.2, 0.25) is 23.1 Å². The van der Waals surface area contributed by atoms with E-state index in [1.54, 1.807) is 6.92 Å². The zero-order valence-corrected chi connectivity index (χ0v) is 12.0. The summed E-state index contributed by atoms with van der Waals surface area (Å²) in [4.78, 5) is 35.1. The number of allylic oxidation sites excluding steroid dienone is 2. The highest BCUT2D eigenvalue weighted by Gasteiger charge is 2.34. The van der Waals surface area contributed by atoms with Gasteiger partial charge in [0.1, 0.15) is 0 Å². The molecule has 0 bridgehead atoms. The minimum Gasteiger partial charge on any atom is -0.489 e. The van der Waals surface area contributed by atoms with Crippen molar-refractivity contribution >= 4 is 17.5 Å². The first-order valence-corrected chi connectivity index (χ1v) is 6.19.